The van der Waals surface area contributed by atoms with Gasteiger partial charge < -0.3 is 9.16 Å². The van der Waals surface area contributed by atoms with Gasteiger partial charge in [0.1, 0.15) is 6.61 Å². The average molecular weight is 659 g/mol. The minimum atomic E-state index is -1.87. The van der Waals surface area contributed by atoms with Gasteiger partial charge in [-0.3, -0.25) is 0 Å². The van der Waals surface area contributed by atoms with Crippen LogP contribution in [0.5, 0.6) is 0 Å². The second-order valence-electron chi connectivity index (χ2n) is 20.4. The van der Waals surface area contributed by atoms with Gasteiger partial charge in [-0.25, -0.2) is 4.79 Å². The first-order chi connectivity index (χ1) is 21.6. The van der Waals surface area contributed by atoms with Crippen LogP contribution in [-0.2, 0) is 9.16 Å². The molecule has 0 radical (unpaired) electrons. The van der Waals surface area contributed by atoms with E-state index in [1.807, 2.05) is 30.3 Å². The Bertz CT molecular complexity index is 1440. The quantitative estimate of drug-likeness (QED) is 0.233. The van der Waals surface area contributed by atoms with Gasteiger partial charge in [-0.05, 0) is 133 Å². The maximum absolute atomic E-state index is 13.2. The molecule has 1 aromatic carbocycles. The third kappa shape index (κ3) is 5.40. The van der Waals surface area contributed by atoms with Crippen LogP contribution in [-0.4, -0.2) is 27.0 Å². The van der Waals surface area contributed by atoms with Crippen LogP contribution >= 0.6 is 0 Å². The van der Waals surface area contributed by atoms with Gasteiger partial charge in [-0.2, -0.15) is 0 Å². The van der Waals surface area contributed by atoms with Crippen LogP contribution in [0.1, 0.15) is 137 Å². The number of ether oxygens (including phenoxy) is 1. The predicted octanol–water partition coefficient (Wildman–Crippen LogP) is 12.0. The lowest BCUT2D eigenvalue weighted by atomic mass is 9.35. The van der Waals surface area contributed by atoms with Gasteiger partial charge in [-0.1, -0.05) is 105 Å². The molecular formula is C43H66O3Si. The van der Waals surface area contributed by atoms with Gasteiger partial charge in [0.05, 0.1) is 11.7 Å². The van der Waals surface area contributed by atoms with Crippen LogP contribution in [0.4, 0.5) is 0 Å². The van der Waals surface area contributed by atoms with Crippen LogP contribution < -0.4 is 0 Å². The van der Waals surface area contributed by atoms with Crippen LogP contribution in [0, 0.1) is 44.3 Å². The van der Waals surface area contributed by atoms with Crippen LogP contribution in [0.2, 0.25) is 18.1 Å². The van der Waals surface area contributed by atoms with Crippen LogP contribution in [0.3, 0.4) is 0 Å². The molecule has 3 fully saturated rings. The number of rotatable bonds is 5. The number of carbonyl (C=O) groups is 1. The normalized spacial score (nSPS) is 39.3. The van der Waals surface area contributed by atoms with Crippen molar-refractivity contribution in [3.63, 3.8) is 0 Å². The molecular weight excluding hydrogens is 593 g/mol. The summed E-state index contributed by atoms with van der Waals surface area (Å²) in [5.41, 5.74) is 4.79. The molecule has 0 aromatic heterocycles. The SMILES string of the molecule is CC1(C)CC[C@]2(COC(=O)c3ccccc3)CC[C@]3(C)C(=C2C1)C=C[C@@H]1[C@@]2(C)CC[C@H](O[Si](C)(C)C(C)(C)C)C(C)(C)[C@@H]2CC[C@]13C. The number of benzene rings is 1. The fourth-order valence-electron chi connectivity index (χ4n) is 11.5. The Labute approximate surface area is 288 Å². The molecule has 3 nitrogen and oxygen atoms in total. The molecule has 47 heavy (non-hydrogen) atoms. The Hall–Kier alpha value is -1.65. The highest BCUT2D eigenvalue weighted by molar-refractivity contribution is 6.74. The smallest absolute Gasteiger partial charge is 0.338 e. The summed E-state index contributed by atoms with van der Waals surface area (Å²) in [5.74, 6) is 1.01. The first kappa shape index (κ1) is 35.2. The third-order valence-electron chi connectivity index (χ3n) is 15.9. The Morgan fingerprint density at radius 3 is 2.19 bits per heavy atom. The summed E-state index contributed by atoms with van der Waals surface area (Å²) in [6.45, 7) is 30.5. The molecule has 0 bridgehead atoms. The lowest BCUT2D eigenvalue weighted by molar-refractivity contribution is -0.179. The maximum Gasteiger partial charge on any atom is 0.338 e. The molecule has 6 rings (SSSR count). The van der Waals surface area contributed by atoms with Crippen molar-refractivity contribution in [2.24, 2.45) is 44.3 Å². The highest BCUT2D eigenvalue weighted by Gasteiger charge is 2.67. The summed E-state index contributed by atoms with van der Waals surface area (Å²) < 4.78 is 13.5. The highest BCUT2D eigenvalue weighted by atomic mass is 28.4. The predicted molar refractivity (Wildman–Crippen MR) is 198 cm³/mol. The third-order valence-corrected chi connectivity index (χ3v) is 20.4. The van der Waals surface area contributed by atoms with Gasteiger partial charge in [0, 0.05) is 5.41 Å². The Morgan fingerprint density at radius 2 is 1.53 bits per heavy atom. The van der Waals surface area contributed by atoms with Crippen molar-refractivity contribution in [3.05, 3.63) is 59.2 Å². The molecule has 260 valence electrons. The van der Waals surface area contributed by atoms with E-state index >= 15 is 0 Å². The molecule has 0 saturated heterocycles. The van der Waals surface area contributed by atoms with Gasteiger partial charge in [0.2, 0.25) is 0 Å². The van der Waals surface area contributed by atoms with E-state index in [4.69, 9.17) is 9.16 Å². The van der Waals surface area contributed by atoms with E-state index in [-0.39, 0.29) is 43.5 Å². The van der Waals surface area contributed by atoms with Crippen molar-refractivity contribution in [3.8, 4) is 0 Å². The van der Waals surface area contributed by atoms with Gasteiger partial charge >= 0.3 is 5.97 Å². The van der Waals surface area contributed by atoms with Crippen molar-refractivity contribution >= 4 is 14.3 Å². The topological polar surface area (TPSA) is 35.5 Å². The molecule has 0 unspecified atom stereocenters. The molecule has 0 spiro atoms. The molecule has 1 aromatic rings. The highest BCUT2D eigenvalue weighted by Crippen LogP contribution is 2.74. The zero-order chi connectivity index (χ0) is 34.5. The van der Waals surface area contributed by atoms with E-state index in [1.54, 1.807) is 11.1 Å². The van der Waals surface area contributed by atoms with Crippen molar-refractivity contribution in [2.75, 3.05) is 6.61 Å². The molecule has 5 aliphatic rings. The number of hydrogen-bond acceptors (Lipinski definition) is 3. The summed E-state index contributed by atoms with van der Waals surface area (Å²) in [5, 5.41) is 0.226. The largest absolute Gasteiger partial charge is 0.461 e. The lowest BCUT2D eigenvalue weighted by Crippen LogP contribution is -2.64. The van der Waals surface area contributed by atoms with E-state index in [0.29, 0.717) is 30.1 Å². The van der Waals surface area contributed by atoms with Crippen LogP contribution in [0.15, 0.2) is 53.6 Å². The minimum Gasteiger partial charge on any atom is -0.461 e. The molecule has 0 aliphatic heterocycles. The molecule has 0 N–H and O–H groups in total. The van der Waals surface area contributed by atoms with Crippen molar-refractivity contribution in [1.82, 2.24) is 0 Å². The Balaban J connectivity index is 1.35. The van der Waals surface area contributed by atoms with Gasteiger partial charge in [0.25, 0.3) is 0 Å². The number of hydrogen-bond donors (Lipinski definition) is 0. The maximum atomic E-state index is 13.2. The van der Waals surface area contributed by atoms with Gasteiger partial charge in [-0.15, -0.1) is 0 Å². The second-order valence-corrected chi connectivity index (χ2v) is 25.1. The zero-order valence-electron chi connectivity index (χ0n) is 32.1. The monoisotopic (exact) mass is 658 g/mol. The summed E-state index contributed by atoms with van der Waals surface area (Å²) in [6.07, 6.45) is 16.3. The first-order valence-corrected chi connectivity index (χ1v) is 21.9. The van der Waals surface area contributed by atoms with E-state index in [9.17, 15) is 4.79 Å². The van der Waals surface area contributed by atoms with Crippen LogP contribution in [0.25, 0.3) is 0 Å². The summed E-state index contributed by atoms with van der Waals surface area (Å²) >= 11 is 0. The summed E-state index contributed by atoms with van der Waals surface area (Å²) in [7, 11) is -1.87. The zero-order valence-corrected chi connectivity index (χ0v) is 33.1. The average Bonchev–Trinajstić information content (AvgIpc) is 2.98. The molecule has 0 amide bonds. The lowest BCUT2D eigenvalue weighted by Gasteiger charge is -2.70. The molecule has 3 saturated carbocycles. The number of esters is 1. The molecule has 4 heteroatoms. The van der Waals surface area contributed by atoms with Crippen molar-refractivity contribution in [2.45, 2.75) is 151 Å². The van der Waals surface area contributed by atoms with E-state index < -0.39 is 8.32 Å². The van der Waals surface area contributed by atoms with E-state index in [2.05, 4.69) is 94.5 Å². The molecule has 5 aliphatic carbocycles. The second kappa shape index (κ2) is 11.2. The standard InChI is InChI=1S/C43H66O3Si/c1-37(2,3)47(11,12)46-35-21-22-40(8)33(39(35,6)7)20-23-42(10)34(40)19-18-31-32-28-38(4,5)24-26-43(32,27-25-41(31,42)9)29-45-36(44)30-16-14-13-15-17-30/h13-19,33-35H,20-29H2,1-12H3/t33-,34+,35-,40-,41+,42+,43+/m0/s1. The first-order valence-electron chi connectivity index (χ1n) is 18.9. The number of allylic oxidation sites excluding steroid dienone is 3. The Kier molecular flexibility index (Phi) is 8.37. The summed E-state index contributed by atoms with van der Waals surface area (Å²) in [4.78, 5) is 13.2. The van der Waals surface area contributed by atoms with E-state index in [0.717, 1.165) is 19.3 Å². The number of fused-ring (bicyclic) bond motifs is 6. The van der Waals surface area contributed by atoms with Gasteiger partial charge in [0.15, 0.2) is 8.32 Å². The fraction of sp³-hybridized carbons (Fsp3) is 0.744. The van der Waals surface area contributed by atoms with Crippen molar-refractivity contribution in [1.29, 1.82) is 0 Å². The molecule has 7 atom stereocenters. The molecule has 0 heterocycles. The fourth-order valence-corrected chi connectivity index (χ4v) is 13.0. The van der Waals surface area contributed by atoms with E-state index in [1.165, 1.54) is 38.5 Å². The number of carbonyl (C=O) groups excluding carboxylic acids is 1. The Morgan fingerprint density at radius 1 is 0.872 bits per heavy atom. The van der Waals surface area contributed by atoms with Crippen molar-refractivity contribution < 1.29 is 14.0 Å². The summed E-state index contributed by atoms with van der Waals surface area (Å²) in [6, 6.07) is 9.54. The minimum absolute atomic E-state index is 0.0510.